The van der Waals surface area contributed by atoms with Crippen LogP contribution < -0.4 is 9.47 Å². The number of hydrogen-bond donors (Lipinski definition) is 0. The zero-order chi connectivity index (χ0) is 20.8. The first kappa shape index (κ1) is 22.1. The number of nitrogens with zero attached hydrogens (tertiary/aromatic N) is 1. The molecule has 0 bridgehead atoms. The van der Waals surface area contributed by atoms with Crippen LogP contribution in [-0.2, 0) is 13.0 Å². The molecule has 29 heavy (non-hydrogen) atoms. The molecule has 154 valence electrons. The predicted molar refractivity (Wildman–Crippen MR) is 117 cm³/mol. The van der Waals surface area contributed by atoms with E-state index in [1.54, 1.807) is 0 Å². The van der Waals surface area contributed by atoms with E-state index in [4.69, 9.17) is 60.3 Å². The molecule has 3 rings (SSSR count). The van der Waals surface area contributed by atoms with Crippen LogP contribution in [0.4, 0.5) is 0 Å². The molecule has 0 saturated heterocycles. The summed E-state index contributed by atoms with van der Waals surface area (Å²) in [6.45, 7) is 2.77. The molecule has 0 fully saturated rings. The van der Waals surface area contributed by atoms with Gasteiger partial charge in [-0.3, -0.25) is 0 Å². The summed E-state index contributed by atoms with van der Waals surface area (Å²) in [6.07, 6.45) is 2.30. The lowest BCUT2D eigenvalue weighted by atomic mass is 9.93. The van der Waals surface area contributed by atoms with E-state index < -0.39 is 0 Å². The maximum atomic E-state index is 6.34. The van der Waals surface area contributed by atoms with Crippen molar-refractivity contribution in [1.82, 2.24) is 4.98 Å². The van der Waals surface area contributed by atoms with Crippen molar-refractivity contribution in [2.24, 2.45) is 0 Å². The standard InChI is InChI=1S/C21H19Cl4NO3/c1-13(15-9-18(23)20(19(24)10-15)27-7-6-22)8-14-2-4-17(5-3-14)28-11-16-12-29-21(25)26-16/h2-5,9-10,12-13H,6-8,11H2,1H3/t13-/m1/s1. The van der Waals surface area contributed by atoms with E-state index in [2.05, 4.69) is 11.9 Å². The third kappa shape index (κ3) is 6.19. The second-order valence-electron chi connectivity index (χ2n) is 6.48. The van der Waals surface area contributed by atoms with Crippen LogP contribution >= 0.6 is 46.4 Å². The first-order valence-corrected chi connectivity index (χ1v) is 10.6. The van der Waals surface area contributed by atoms with Crippen molar-refractivity contribution >= 4 is 46.4 Å². The Bertz CT molecular complexity index is 920. The minimum absolute atomic E-state index is 0.104. The van der Waals surface area contributed by atoms with Gasteiger partial charge in [0.1, 0.15) is 30.9 Å². The molecular formula is C21H19Cl4NO3. The molecule has 8 heteroatoms. The third-order valence-corrected chi connectivity index (χ3v) is 5.18. The third-order valence-electron chi connectivity index (χ3n) is 4.29. The minimum Gasteiger partial charge on any atom is -0.489 e. The Hall–Kier alpha value is -1.59. The van der Waals surface area contributed by atoms with Gasteiger partial charge in [0, 0.05) is 0 Å². The number of halogens is 4. The Morgan fingerprint density at radius 1 is 1.03 bits per heavy atom. The lowest BCUT2D eigenvalue weighted by Crippen LogP contribution is -2.02. The molecule has 0 saturated carbocycles. The molecule has 0 amide bonds. The van der Waals surface area contributed by atoms with Gasteiger partial charge in [0.25, 0.3) is 5.35 Å². The lowest BCUT2D eigenvalue weighted by Gasteiger charge is -2.16. The van der Waals surface area contributed by atoms with Gasteiger partial charge in [-0.15, -0.1) is 11.6 Å². The number of rotatable bonds is 9. The molecule has 0 aliphatic heterocycles. The zero-order valence-corrected chi connectivity index (χ0v) is 18.7. The van der Waals surface area contributed by atoms with Crippen LogP contribution in [0.3, 0.4) is 0 Å². The summed E-state index contributed by atoms with van der Waals surface area (Å²) in [5, 5.41) is 1.08. The highest BCUT2D eigenvalue weighted by atomic mass is 35.5. The van der Waals surface area contributed by atoms with Crippen LogP contribution in [0, 0.1) is 0 Å². The molecule has 0 N–H and O–H groups in total. The molecule has 1 atom stereocenters. The van der Waals surface area contributed by atoms with E-state index in [0.29, 0.717) is 40.6 Å². The highest BCUT2D eigenvalue weighted by Gasteiger charge is 2.14. The Labute approximate surface area is 189 Å². The van der Waals surface area contributed by atoms with E-state index in [9.17, 15) is 0 Å². The normalized spacial score (nSPS) is 12.0. The van der Waals surface area contributed by atoms with Gasteiger partial charge >= 0.3 is 0 Å². The van der Waals surface area contributed by atoms with Crippen molar-refractivity contribution < 1.29 is 13.9 Å². The van der Waals surface area contributed by atoms with Gasteiger partial charge < -0.3 is 13.9 Å². The van der Waals surface area contributed by atoms with Crippen LogP contribution in [0.2, 0.25) is 15.4 Å². The summed E-state index contributed by atoms with van der Waals surface area (Å²) >= 11 is 24.0. The first-order valence-electron chi connectivity index (χ1n) is 8.95. The molecule has 0 aliphatic rings. The lowest BCUT2D eigenvalue weighted by molar-refractivity contribution is 0.301. The van der Waals surface area contributed by atoms with Crippen molar-refractivity contribution in [2.45, 2.75) is 25.9 Å². The molecule has 3 aromatic rings. The SMILES string of the molecule is C[C@H](Cc1ccc(OCc2coc(Cl)n2)cc1)c1cc(Cl)c(OCCCl)c(Cl)c1. The average Bonchev–Trinajstić information content (AvgIpc) is 3.12. The number of alkyl halides is 1. The van der Waals surface area contributed by atoms with Crippen LogP contribution in [-0.4, -0.2) is 17.5 Å². The van der Waals surface area contributed by atoms with Gasteiger partial charge in [0.2, 0.25) is 0 Å². The summed E-state index contributed by atoms with van der Waals surface area (Å²) in [6, 6.07) is 11.7. The summed E-state index contributed by atoms with van der Waals surface area (Å²) in [5.74, 6) is 1.81. The van der Waals surface area contributed by atoms with Gasteiger partial charge in [-0.2, -0.15) is 0 Å². The summed E-state index contributed by atoms with van der Waals surface area (Å²) in [4.78, 5) is 3.99. The second kappa shape index (κ2) is 10.4. The fourth-order valence-electron chi connectivity index (χ4n) is 2.84. The average molecular weight is 475 g/mol. The number of benzene rings is 2. The van der Waals surface area contributed by atoms with Gasteiger partial charge in [-0.05, 0) is 59.3 Å². The number of oxazole rings is 1. The summed E-state index contributed by atoms with van der Waals surface area (Å²) in [5.41, 5.74) is 2.85. The number of hydrogen-bond acceptors (Lipinski definition) is 4. The van der Waals surface area contributed by atoms with E-state index >= 15 is 0 Å². The smallest absolute Gasteiger partial charge is 0.292 e. The topological polar surface area (TPSA) is 44.5 Å². The van der Waals surface area contributed by atoms with Gasteiger partial charge in [0.15, 0.2) is 5.75 Å². The molecule has 1 heterocycles. The molecule has 2 aromatic carbocycles. The molecule has 1 aromatic heterocycles. The van der Waals surface area contributed by atoms with E-state index in [-0.39, 0.29) is 11.3 Å². The molecule has 4 nitrogen and oxygen atoms in total. The fourth-order valence-corrected chi connectivity index (χ4v) is 3.68. The van der Waals surface area contributed by atoms with Gasteiger partial charge in [-0.25, -0.2) is 4.98 Å². The molecule has 0 unspecified atom stereocenters. The maximum Gasteiger partial charge on any atom is 0.292 e. The van der Waals surface area contributed by atoms with Crippen LogP contribution in [0.1, 0.15) is 29.7 Å². The van der Waals surface area contributed by atoms with Gasteiger partial charge in [0.05, 0.1) is 15.9 Å². The van der Waals surface area contributed by atoms with Crippen LogP contribution in [0.15, 0.2) is 47.1 Å². The Morgan fingerprint density at radius 3 is 2.31 bits per heavy atom. The van der Waals surface area contributed by atoms with Crippen molar-refractivity contribution in [2.75, 3.05) is 12.5 Å². The van der Waals surface area contributed by atoms with E-state index in [1.165, 1.54) is 11.8 Å². The number of aromatic nitrogens is 1. The van der Waals surface area contributed by atoms with Crippen molar-refractivity contribution in [3.05, 3.63) is 74.9 Å². The molecule has 0 aliphatic carbocycles. The van der Waals surface area contributed by atoms with Crippen LogP contribution in [0.25, 0.3) is 0 Å². The van der Waals surface area contributed by atoms with Crippen molar-refractivity contribution in [3.8, 4) is 11.5 Å². The molecule has 0 radical (unpaired) electrons. The molecular weight excluding hydrogens is 456 g/mol. The largest absolute Gasteiger partial charge is 0.489 e. The Morgan fingerprint density at radius 2 is 1.72 bits per heavy atom. The molecule has 0 spiro atoms. The van der Waals surface area contributed by atoms with Crippen LogP contribution in [0.5, 0.6) is 11.5 Å². The maximum absolute atomic E-state index is 6.34. The number of ether oxygens (including phenoxy) is 2. The summed E-state index contributed by atoms with van der Waals surface area (Å²) in [7, 11) is 0. The van der Waals surface area contributed by atoms with Gasteiger partial charge in [-0.1, -0.05) is 42.3 Å². The van der Waals surface area contributed by atoms with Crippen molar-refractivity contribution in [3.63, 3.8) is 0 Å². The monoisotopic (exact) mass is 473 g/mol. The zero-order valence-electron chi connectivity index (χ0n) is 15.6. The predicted octanol–water partition coefficient (Wildman–Crippen LogP) is 7.18. The quantitative estimate of drug-likeness (QED) is 0.308. The Kier molecular flexibility index (Phi) is 7.96. The van der Waals surface area contributed by atoms with E-state index in [1.807, 2.05) is 36.4 Å². The first-order chi connectivity index (χ1) is 14.0. The Balaban J connectivity index is 1.60. The highest BCUT2D eigenvalue weighted by Crippen LogP contribution is 2.37. The summed E-state index contributed by atoms with van der Waals surface area (Å²) < 4.78 is 16.1. The second-order valence-corrected chi connectivity index (χ2v) is 8.00. The van der Waals surface area contributed by atoms with E-state index in [0.717, 1.165) is 17.7 Å². The highest BCUT2D eigenvalue weighted by molar-refractivity contribution is 6.37. The fraction of sp³-hybridized carbons (Fsp3) is 0.286. The van der Waals surface area contributed by atoms with Crippen molar-refractivity contribution in [1.29, 1.82) is 0 Å². The minimum atomic E-state index is 0.104.